The molecule has 0 fully saturated rings. The maximum atomic E-state index is 10.4. The standard InChI is InChI=1S/C7H15NOS/c1-3-10-5-4-8-6-7(2)9/h8H,3-6H2,1-2H3. The van der Waals surface area contributed by atoms with Crippen molar-refractivity contribution < 1.29 is 4.79 Å². The number of hydrogen-bond donors (Lipinski definition) is 1. The highest BCUT2D eigenvalue weighted by molar-refractivity contribution is 7.99. The van der Waals surface area contributed by atoms with Gasteiger partial charge in [0.25, 0.3) is 0 Å². The van der Waals surface area contributed by atoms with E-state index in [0.717, 1.165) is 18.1 Å². The van der Waals surface area contributed by atoms with Gasteiger partial charge >= 0.3 is 0 Å². The van der Waals surface area contributed by atoms with E-state index in [2.05, 4.69) is 12.2 Å². The first-order chi connectivity index (χ1) is 4.77. The Hall–Kier alpha value is -0.0200. The number of thioether (sulfide) groups is 1. The number of ketones is 1. The highest BCUT2D eigenvalue weighted by Crippen LogP contribution is 1.94. The third-order valence-electron chi connectivity index (χ3n) is 1.00. The van der Waals surface area contributed by atoms with Crippen LogP contribution in [0.4, 0.5) is 0 Å². The molecule has 0 atom stereocenters. The van der Waals surface area contributed by atoms with Gasteiger partial charge in [0, 0.05) is 12.3 Å². The largest absolute Gasteiger partial charge is 0.309 e. The van der Waals surface area contributed by atoms with E-state index in [0.29, 0.717) is 6.54 Å². The van der Waals surface area contributed by atoms with Gasteiger partial charge in [0.05, 0.1) is 6.54 Å². The summed E-state index contributed by atoms with van der Waals surface area (Å²) in [6.07, 6.45) is 0. The highest BCUT2D eigenvalue weighted by Gasteiger charge is 1.90. The predicted molar refractivity (Wildman–Crippen MR) is 46.5 cm³/mol. The van der Waals surface area contributed by atoms with Gasteiger partial charge in [-0.15, -0.1) is 0 Å². The Morgan fingerprint density at radius 3 is 2.80 bits per heavy atom. The van der Waals surface area contributed by atoms with Gasteiger partial charge in [-0.05, 0) is 12.7 Å². The molecule has 0 saturated carbocycles. The molecule has 0 spiro atoms. The van der Waals surface area contributed by atoms with E-state index < -0.39 is 0 Å². The summed E-state index contributed by atoms with van der Waals surface area (Å²) in [6.45, 7) is 5.19. The second-order valence-electron chi connectivity index (χ2n) is 2.08. The van der Waals surface area contributed by atoms with Crippen molar-refractivity contribution in [3.63, 3.8) is 0 Å². The van der Waals surface area contributed by atoms with Crippen molar-refractivity contribution in [3.8, 4) is 0 Å². The lowest BCUT2D eigenvalue weighted by molar-refractivity contribution is -0.116. The summed E-state index contributed by atoms with van der Waals surface area (Å²) in [5.74, 6) is 2.47. The molecule has 0 aliphatic carbocycles. The lowest BCUT2D eigenvalue weighted by atomic mass is 10.4. The number of carbonyl (C=O) groups excluding carboxylic acids is 1. The minimum atomic E-state index is 0.210. The molecule has 0 aromatic rings. The molecule has 0 aliphatic rings. The Morgan fingerprint density at radius 2 is 2.30 bits per heavy atom. The van der Waals surface area contributed by atoms with Crippen LogP contribution < -0.4 is 5.32 Å². The van der Waals surface area contributed by atoms with Crippen molar-refractivity contribution in [3.05, 3.63) is 0 Å². The van der Waals surface area contributed by atoms with Crippen molar-refractivity contribution in [2.45, 2.75) is 13.8 Å². The molecule has 0 heterocycles. The van der Waals surface area contributed by atoms with E-state index in [1.807, 2.05) is 11.8 Å². The normalized spacial score (nSPS) is 9.80. The van der Waals surface area contributed by atoms with E-state index in [9.17, 15) is 4.79 Å². The lowest BCUT2D eigenvalue weighted by Gasteiger charge is -1.99. The molecule has 10 heavy (non-hydrogen) atoms. The van der Waals surface area contributed by atoms with Crippen LogP contribution in [0.25, 0.3) is 0 Å². The van der Waals surface area contributed by atoms with Gasteiger partial charge in [-0.25, -0.2) is 0 Å². The lowest BCUT2D eigenvalue weighted by Crippen LogP contribution is -2.23. The predicted octanol–water partition coefficient (Wildman–Crippen LogP) is 0.918. The maximum Gasteiger partial charge on any atom is 0.143 e. The van der Waals surface area contributed by atoms with Crippen molar-refractivity contribution in [2.24, 2.45) is 0 Å². The van der Waals surface area contributed by atoms with Gasteiger partial charge < -0.3 is 5.32 Å². The fraction of sp³-hybridized carbons (Fsp3) is 0.857. The molecule has 2 nitrogen and oxygen atoms in total. The van der Waals surface area contributed by atoms with Gasteiger partial charge in [-0.2, -0.15) is 11.8 Å². The summed E-state index contributed by atoms with van der Waals surface area (Å²) in [6, 6.07) is 0. The average molecular weight is 161 g/mol. The smallest absolute Gasteiger partial charge is 0.143 e. The Morgan fingerprint density at radius 1 is 1.60 bits per heavy atom. The van der Waals surface area contributed by atoms with Crippen LogP contribution in [0.1, 0.15) is 13.8 Å². The zero-order valence-electron chi connectivity index (χ0n) is 6.64. The Balaban J connectivity index is 2.84. The highest BCUT2D eigenvalue weighted by atomic mass is 32.2. The molecule has 1 N–H and O–H groups in total. The average Bonchev–Trinajstić information content (AvgIpc) is 1.87. The van der Waals surface area contributed by atoms with Crippen LogP contribution >= 0.6 is 11.8 Å². The van der Waals surface area contributed by atoms with Crippen molar-refractivity contribution >= 4 is 17.5 Å². The first-order valence-electron chi connectivity index (χ1n) is 3.55. The van der Waals surface area contributed by atoms with Crippen molar-refractivity contribution in [1.82, 2.24) is 5.32 Å². The van der Waals surface area contributed by atoms with Crippen LogP contribution in [-0.2, 0) is 4.79 Å². The number of Topliss-reactive ketones (excluding diaryl/α,β-unsaturated/α-hetero) is 1. The zero-order valence-corrected chi connectivity index (χ0v) is 7.46. The molecule has 60 valence electrons. The fourth-order valence-electron chi connectivity index (χ4n) is 0.553. The molecule has 0 amide bonds. The molecule has 0 aliphatic heterocycles. The molecule has 0 rings (SSSR count). The first-order valence-corrected chi connectivity index (χ1v) is 4.70. The molecule has 0 aromatic heterocycles. The second-order valence-corrected chi connectivity index (χ2v) is 3.47. The Bertz CT molecular complexity index is 95.6. The van der Waals surface area contributed by atoms with Crippen LogP contribution in [0.5, 0.6) is 0 Å². The summed E-state index contributed by atoms with van der Waals surface area (Å²) < 4.78 is 0. The summed E-state index contributed by atoms with van der Waals surface area (Å²) >= 11 is 1.89. The summed E-state index contributed by atoms with van der Waals surface area (Å²) in [7, 11) is 0. The van der Waals surface area contributed by atoms with E-state index >= 15 is 0 Å². The van der Waals surface area contributed by atoms with Crippen molar-refractivity contribution in [1.29, 1.82) is 0 Å². The first kappa shape index (κ1) is 9.98. The monoisotopic (exact) mass is 161 g/mol. The number of rotatable bonds is 6. The molecule has 0 bridgehead atoms. The maximum absolute atomic E-state index is 10.4. The molecule has 3 heteroatoms. The van der Waals surface area contributed by atoms with E-state index in [-0.39, 0.29) is 5.78 Å². The Labute approximate surface area is 66.8 Å². The minimum absolute atomic E-state index is 0.210. The molecule has 0 radical (unpaired) electrons. The molecule has 0 aromatic carbocycles. The van der Waals surface area contributed by atoms with Crippen LogP contribution in [0.15, 0.2) is 0 Å². The minimum Gasteiger partial charge on any atom is -0.309 e. The zero-order chi connectivity index (χ0) is 7.82. The number of carbonyl (C=O) groups is 1. The van der Waals surface area contributed by atoms with Crippen molar-refractivity contribution in [2.75, 3.05) is 24.6 Å². The third-order valence-corrected chi connectivity index (χ3v) is 1.90. The summed E-state index contributed by atoms with van der Waals surface area (Å²) in [4.78, 5) is 10.4. The number of nitrogens with one attached hydrogen (secondary N) is 1. The molecular weight excluding hydrogens is 146 g/mol. The van der Waals surface area contributed by atoms with E-state index in [1.54, 1.807) is 6.92 Å². The topological polar surface area (TPSA) is 29.1 Å². The third kappa shape index (κ3) is 7.98. The Kier molecular flexibility index (Phi) is 7.08. The van der Waals surface area contributed by atoms with Gasteiger partial charge in [0.1, 0.15) is 5.78 Å². The van der Waals surface area contributed by atoms with E-state index in [1.165, 1.54) is 0 Å². The fourth-order valence-corrected chi connectivity index (χ4v) is 1.13. The van der Waals surface area contributed by atoms with Gasteiger partial charge in [0.15, 0.2) is 0 Å². The molecule has 0 saturated heterocycles. The van der Waals surface area contributed by atoms with Crippen LogP contribution in [0.2, 0.25) is 0 Å². The SMILES string of the molecule is CCSCCNCC(C)=O. The van der Waals surface area contributed by atoms with Crippen LogP contribution in [0.3, 0.4) is 0 Å². The van der Waals surface area contributed by atoms with E-state index in [4.69, 9.17) is 0 Å². The number of hydrogen-bond acceptors (Lipinski definition) is 3. The molecule has 0 unspecified atom stereocenters. The second kappa shape index (κ2) is 7.09. The summed E-state index contributed by atoms with van der Waals surface area (Å²) in [5.41, 5.74) is 0. The quantitative estimate of drug-likeness (QED) is 0.587. The van der Waals surface area contributed by atoms with Gasteiger partial charge in [-0.1, -0.05) is 6.92 Å². The summed E-state index contributed by atoms with van der Waals surface area (Å²) in [5, 5.41) is 3.05. The van der Waals surface area contributed by atoms with Crippen LogP contribution in [0, 0.1) is 0 Å². The van der Waals surface area contributed by atoms with Gasteiger partial charge in [-0.3, -0.25) is 4.79 Å². The van der Waals surface area contributed by atoms with Crippen LogP contribution in [-0.4, -0.2) is 30.4 Å². The molecular formula is C7H15NOS. The van der Waals surface area contributed by atoms with Gasteiger partial charge in [0.2, 0.25) is 0 Å².